The van der Waals surface area contributed by atoms with E-state index in [-0.39, 0.29) is 0 Å². The van der Waals surface area contributed by atoms with E-state index in [0.29, 0.717) is 12.3 Å². The maximum Gasteiger partial charge on any atom is 0.132 e. The number of hydrogen-bond donors (Lipinski definition) is 2. The van der Waals surface area contributed by atoms with Crippen LogP contribution in [0.25, 0.3) is 0 Å². The number of nitrogen functional groups attached to an aromatic ring is 1. The summed E-state index contributed by atoms with van der Waals surface area (Å²) in [6.45, 7) is 0.396. The Morgan fingerprint density at radius 1 is 1.33 bits per heavy atom. The molecule has 1 aromatic carbocycles. The number of nitrogens with zero attached hydrogens (tertiary/aromatic N) is 1. The van der Waals surface area contributed by atoms with Crippen molar-refractivity contribution in [2.75, 3.05) is 5.73 Å². The summed E-state index contributed by atoms with van der Waals surface area (Å²) >= 11 is 3.36. The summed E-state index contributed by atoms with van der Waals surface area (Å²) in [5, 5.41) is 6.59. The van der Waals surface area contributed by atoms with E-state index >= 15 is 0 Å². The molecule has 0 saturated heterocycles. The van der Waals surface area contributed by atoms with E-state index in [1.807, 2.05) is 24.3 Å². The second kappa shape index (κ2) is 4.35. The number of aromatic nitrogens is 2. The van der Waals surface area contributed by atoms with E-state index in [2.05, 4.69) is 26.1 Å². The van der Waals surface area contributed by atoms with Crippen molar-refractivity contribution in [1.82, 2.24) is 10.2 Å². The van der Waals surface area contributed by atoms with Gasteiger partial charge in [-0.05, 0) is 24.3 Å². The molecule has 0 bridgehead atoms. The van der Waals surface area contributed by atoms with E-state index in [1.54, 1.807) is 6.20 Å². The molecule has 2 aromatic rings. The number of hydrogen-bond acceptors (Lipinski definition) is 3. The molecule has 1 aromatic heterocycles. The summed E-state index contributed by atoms with van der Waals surface area (Å²) in [5.41, 5.74) is 7.06. The molecule has 0 atom stereocenters. The molecule has 3 N–H and O–H groups in total. The van der Waals surface area contributed by atoms with Gasteiger partial charge in [-0.15, -0.1) is 0 Å². The van der Waals surface area contributed by atoms with Crippen LogP contribution >= 0.6 is 15.9 Å². The molecule has 0 saturated carbocycles. The summed E-state index contributed by atoms with van der Waals surface area (Å²) in [5.74, 6) is 0.798. The van der Waals surface area contributed by atoms with Crippen molar-refractivity contribution >= 4 is 21.6 Å². The van der Waals surface area contributed by atoms with Gasteiger partial charge < -0.3 is 10.5 Å². The predicted octanol–water partition coefficient (Wildman–Crippen LogP) is 2.33. The number of ether oxygens (including phenoxy) is 1. The first-order valence-corrected chi connectivity index (χ1v) is 5.21. The minimum Gasteiger partial charge on any atom is -0.487 e. The number of anilines is 1. The molecule has 0 radical (unpaired) electrons. The van der Waals surface area contributed by atoms with E-state index in [1.165, 1.54) is 0 Å². The smallest absolute Gasteiger partial charge is 0.132 e. The van der Waals surface area contributed by atoms with Crippen LogP contribution in [-0.2, 0) is 6.61 Å². The number of benzene rings is 1. The monoisotopic (exact) mass is 267 g/mol. The van der Waals surface area contributed by atoms with Gasteiger partial charge in [0.15, 0.2) is 0 Å². The van der Waals surface area contributed by atoms with Gasteiger partial charge in [0.2, 0.25) is 0 Å². The van der Waals surface area contributed by atoms with Gasteiger partial charge in [-0.1, -0.05) is 15.9 Å². The lowest BCUT2D eigenvalue weighted by atomic mass is 10.3. The molecule has 0 aliphatic carbocycles. The Morgan fingerprint density at radius 3 is 2.67 bits per heavy atom. The van der Waals surface area contributed by atoms with Gasteiger partial charge in [0.25, 0.3) is 0 Å². The van der Waals surface area contributed by atoms with Gasteiger partial charge in [-0.25, -0.2) is 0 Å². The SMILES string of the molecule is Nc1cn[nH]c1COc1ccc(Br)cc1. The summed E-state index contributed by atoms with van der Waals surface area (Å²) in [7, 11) is 0. The molecular weight excluding hydrogens is 258 g/mol. The van der Waals surface area contributed by atoms with Crippen LogP contribution in [0.15, 0.2) is 34.9 Å². The number of rotatable bonds is 3. The number of halogens is 1. The van der Waals surface area contributed by atoms with Crippen molar-refractivity contribution in [2.24, 2.45) is 0 Å². The zero-order valence-electron chi connectivity index (χ0n) is 7.90. The molecule has 0 fully saturated rings. The predicted molar refractivity (Wildman–Crippen MR) is 61.5 cm³/mol. The molecule has 0 amide bonds. The highest BCUT2D eigenvalue weighted by Crippen LogP contribution is 2.17. The van der Waals surface area contributed by atoms with Crippen molar-refractivity contribution in [3.05, 3.63) is 40.6 Å². The highest BCUT2D eigenvalue weighted by molar-refractivity contribution is 9.10. The first kappa shape index (κ1) is 10.0. The van der Waals surface area contributed by atoms with Gasteiger partial charge in [-0.3, -0.25) is 5.10 Å². The second-order valence-electron chi connectivity index (χ2n) is 3.05. The minimum absolute atomic E-state index is 0.396. The quantitative estimate of drug-likeness (QED) is 0.897. The van der Waals surface area contributed by atoms with Crippen molar-refractivity contribution in [3.63, 3.8) is 0 Å². The van der Waals surface area contributed by atoms with Gasteiger partial charge in [0.05, 0.1) is 17.6 Å². The van der Waals surface area contributed by atoms with Crippen LogP contribution in [0.2, 0.25) is 0 Å². The largest absolute Gasteiger partial charge is 0.487 e. The highest BCUT2D eigenvalue weighted by atomic mass is 79.9. The molecule has 4 nitrogen and oxygen atoms in total. The van der Waals surface area contributed by atoms with Crippen LogP contribution in [0, 0.1) is 0 Å². The van der Waals surface area contributed by atoms with Crippen LogP contribution in [-0.4, -0.2) is 10.2 Å². The maximum atomic E-state index is 5.65. The summed E-state index contributed by atoms with van der Waals surface area (Å²) in [6.07, 6.45) is 1.57. The molecular formula is C10H10BrN3O. The standard InChI is InChI=1S/C10H10BrN3O/c11-7-1-3-8(4-2-7)15-6-10-9(12)5-13-14-10/h1-5H,6,12H2,(H,13,14). The van der Waals surface area contributed by atoms with Crippen molar-refractivity contribution < 1.29 is 4.74 Å². The Labute approximate surface area is 95.6 Å². The van der Waals surface area contributed by atoms with Crippen LogP contribution in [0.3, 0.4) is 0 Å². The van der Waals surface area contributed by atoms with E-state index in [4.69, 9.17) is 10.5 Å². The van der Waals surface area contributed by atoms with Crippen LogP contribution in [0.5, 0.6) is 5.75 Å². The molecule has 0 unspecified atom stereocenters. The zero-order valence-corrected chi connectivity index (χ0v) is 9.49. The summed E-state index contributed by atoms with van der Waals surface area (Å²) in [6, 6.07) is 7.62. The fraction of sp³-hybridized carbons (Fsp3) is 0.100. The lowest BCUT2D eigenvalue weighted by molar-refractivity contribution is 0.302. The molecule has 5 heteroatoms. The summed E-state index contributed by atoms with van der Waals surface area (Å²) < 4.78 is 6.54. The fourth-order valence-corrected chi connectivity index (χ4v) is 1.39. The van der Waals surface area contributed by atoms with E-state index in [0.717, 1.165) is 15.9 Å². The van der Waals surface area contributed by atoms with Crippen LogP contribution in [0.1, 0.15) is 5.69 Å². The zero-order chi connectivity index (χ0) is 10.7. The molecule has 2 rings (SSSR count). The Bertz CT molecular complexity index is 438. The minimum atomic E-state index is 0.396. The topological polar surface area (TPSA) is 63.9 Å². The third kappa shape index (κ3) is 2.50. The third-order valence-corrected chi connectivity index (χ3v) is 2.48. The Kier molecular flexibility index (Phi) is 2.91. The third-order valence-electron chi connectivity index (χ3n) is 1.95. The van der Waals surface area contributed by atoms with Crippen LogP contribution < -0.4 is 10.5 Å². The number of H-pyrrole nitrogens is 1. The average Bonchev–Trinajstić information content (AvgIpc) is 2.63. The average molecular weight is 268 g/mol. The van der Waals surface area contributed by atoms with Crippen molar-refractivity contribution in [2.45, 2.75) is 6.61 Å². The van der Waals surface area contributed by atoms with Crippen molar-refractivity contribution in [3.8, 4) is 5.75 Å². The van der Waals surface area contributed by atoms with Gasteiger partial charge >= 0.3 is 0 Å². The Balaban J connectivity index is 1.99. The molecule has 1 heterocycles. The van der Waals surface area contributed by atoms with Crippen LogP contribution in [0.4, 0.5) is 5.69 Å². The molecule has 15 heavy (non-hydrogen) atoms. The molecule has 0 spiro atoms. The summed E-state index contributed by atoms with van der Waals surface area (Å²) in [4.78, 5) is 0. The van der Waals surface area contributed by atoms with Gasteiger partial charge in [0, 0.05) is 4.47 Å². The number of nitrogens with two attached hydrogens (primary N) is 1. The Hall–Kier alpha value is -1.49. The van der Waals surface area contributed by atoms with Gasteiger partial charge in [-0.2, -0.15) is 5.10 Å². The van der Waals surface area contributed by atoms with E-state index in [9.17, 15) is 0 Å². The number of aromatic amines is 1. The lowest BCUT2D eigenvalue weighted by Crippen LogP contribution is -1.99. The molecule has 78 valence electrons. The Morgan fingerprint density at radius 2 is 2.07 bits per heavy atom. The maximum absolute atomic E-state index is 5.65. The highest BCUT2D eigenvalue weighted by Gasteiger charge is 2.01. The first-order valence-electron chi connectivity index (χ1n) is 4.42. The normalized spacial score (nSPS) is 10.2. The lowest BCUT2D eigenvalue weighted by Gasteiger charge is -2.04. The fourth-order valence-electron chi connectivity index (χ4n) is 1.12. The first-order chi connectivity index (χ1) is 7.25. The molecule has 0 aliphatic rings. The van der Waals surface area contributed by atoms with E-state index < -0.39 is 0 Å². The van der Waals surface area contributed by atoms with Gasteiger partial charge in [0.1, 0.15) is 12.4 Å². The number of nitrogens with one attached hydrogen (secondary N) is 1. The molecule has 0 aliphatic heterocycles. The van der Waals surface area contributed by atoms with Crippen molar-refractivity contribution in [1.29, 1.82) is 0 Å². The second-order valence-corrected chi connectivity index (χ2v) is 3.96.